The zero-order chi connectivity index (χ0) is 15.4. The van der Waals surface area contributed by atoms with Crippen LogP contribution in [0.15, 0.2) is 0 Å². The number of rotatable bonds is 6. The lowest BCUT2D eigenvalue weighted by Gasteiger charge is -2.42. The second-order valence-electron chi connectivity index (χ2n) is 5.90. The van der Waals surface area contributed by atoms with Gasteiger partial charge in [-0.25, -0.2) is 0 Å². The van der Waals surface area contributed by atoms with Crippen LogP contribution in [0.2, 0.25) is 0 Å². The Balaban J connectivity index is 2.53. The summed E-state index contributed by atoms with van der Waals surface area (Å²) in [6.45, 7) is 7.31. The van der Waals surface area contributed by atoms with E-state index in [2.05, 4.69) is 0 Å². The molecule has 0 aliphatic heterocycles. The average molecular weight is 296 g/mol. The quantitative estimate of drug-likeness (QED) is 0.647. The van der Waals surface area contributed by atoms with Gasteiger partial charge in [0, 0.05) is 6.61 Å². The SMILES string of the molecule is CCOC(C)OC1CCC(C(C)(CC)C(F)(F)F)CC1. The van der Waals surface area contributed by atoms with E-state index in [-0.39, 0.29) is 24.7 Å². The molecule has 1 aliphatic rings. The average Bonchev–Trinajstić information content (AvgIpc) is 2.37. The summed E-state index contributed by atoms with van der Waals surface area (Å²) in [5.74, 6) is -0.297. The highest BCUT2D eigenvalue weighted by Crippen LogP contribution is 2.51. The van der Waals surface area contributed by atoms with Crippen molar-refractivity contribution in [2.75, 3.05) is 6.61 Å². The predicted molar refractivity (Wildman–Crippen MR) is 72.4 cm³/mol. The molecule has 0 radical (unpaired) electrons. The summed E-state index contributed by atoms with van der Waals surface area (Å²) >= 11 is 0. The Morgan fingerprint density at radius 1 is 1.10 bits per heavy atom. The molecule has 0 bridgehead atoms. The number of ether oxygens (including phenoxy) is 2. The first-order chi connectivity index (χ1) is 9.24. The largest absolute Gasteiger partial charge is 0.394 e. The Morgan fingerprint density at radius 2 is 1.65 bits per heavy atom. The molecular weight excluding hydrogens is 269 g/mol. The summed E-state index contributed by atoms with van der Waals surface area (Å²) < 4.78 is 50.8. The molecule has 2 nitrogen and oxygen atoms in total. The third kappa shape index (κ3) is 4.10. The Bertz CT molecular complexity index is 285. The van der Waals surface area contributed by atoms with Gasteiger partial charge in [0.2, 0.25) is 0 Å². The number of halogens is 3. The molecule has 5 heteroatoms. The molecule has 0 N–H and O–H groups in total. The molecule has 0 spiro atoms. The topological polar surface area (TPSA) is 18.5 Å². The molecule has 2 unspecified atom stereocenters. The summed E-state index contributed by atoms with van der Waals surface area (Å²) in [4.78, 5) is 0. The molecule has 0 heterocycles. The van der Waals surface area contributed by atoms with Crippen LogP contribution in [-0.4, -0.2) is 25.2 Å². The van der Waals surface area contributed by atoms with Crippen molar-refractivity contribution in [1.29, 1.82) is 0 Å². The van der Waals surface area contributed by atoms with E-state index in [9.17, 15) is 13.2 Å². The first kappa shape index (κ1) is 17.8. The molecule has 1 rings (SSSR count). The molecule has 1 fully saturated rings. The fraction of sp³-hybridized carbons (Fsp3) is 1.00. The molecule has 1 aliphatic carbocycles. The van der Waals surface area contributed by atoms with Crippen LogP contribution in [-0.2, 0) is 9.47 Å². The molecule has 0 aromatic rings. The van der Waals surface area contributed by atoms with Gasteiger partial charge in [-0.15, -0.1) is 0 Å². The van der Waals surface area contributed by atoms with Gasteiger partial charge in [0.05, 0.1) is 11.5 Å². The van der Waals surface area contributed by atoms with E-state index in [0.29, 0.717) is 32.3 Å². The fourth-order valence-corrected chi connectivity index (χ4v) is 3.10. The van der Waals surface area contributed by atoms with Crippen LogP contribution in [0.5, 0.6) is 0 Å². The smallest absolute Gasteiger partial charge is 0.353 e. The van der Waals surface area contributed by atoms with Gasteiger partial charge in [-0.1, -0.05) is 13.8 Å². The normalized spacial score (nSPS) is 28.9. The van der Waals surface area contributed by atoms with Gasteiger partial charge in [0.1, 0.15) is 0 Å². The number of hydrogen-bond donors (Lipinski definition) is 0. The molecular formula is C15H27F3O2. The second-order valence-corrected chi connectivity index (χ2v) is 5.90. The van der Waals surface area contributed by atoms with Crippen molar-refractivity contribution in [2.45, 2.75) is 78.4 Å². The van der Waals surface area contributed by atoms with Gasteiger partial charge in [0.25, 0.3) is 0 Å². The Kier molecular flexibility index (Phi) is 6.32. The maximum atomic E-state index is 13.2. The summed E-state index contributed by atoms with van der Waals surface area (Å²) in [6.07, 6.45) is -1.70. The van der Waals surface area contributed by atoms with Gasteiger partial charge < -0.3 is 9.47 Å². The van der Waals surface area contributed by atoms with Crippen molar-refractivity contribution >= 4 is 0 Å². The van der Waals surface area contributed by atoms with Crippen molar-refractivity contribution in [1.82, 2.24) is 0 Å². The molecule has 120 valence electrons. The molecule has 20 heavy (non-hydrogen) atoms. The lowest BCUT2D eigenvalue weighted by atomic mass is 9.67. The van der Waals surface area contributed by atoms with E-state index in [4.69, 9.17) is 9.47 Å². The highest BCUT2D eigenvalue weighted by molar-refractivity contribution is 4.90. The van der Waals surface area contributed by atoms with Gasteiger partial charge >= 0.3 is 6.18 Å². The van der Waals surface area contributed by atoms with Crippen LogP contribution in [0.3, 0.4) is 0 Å². The Labute approximate surface area is 120 Å². The molecule has 1 saturated carbocycles. The van der Waals surface area contributed by atoms with Crippen LogP contribution in [0, 0.1) is 11.3 Å². The first-order valence-electron chi connectivity index (χ1n) is 7.58. The maximum Gasteiger partial charge on any atom is 0.394 e. The lowest BCUT2D eigenvalue weighted by molar-refractivity contribution is -0.245. The molecule has 0 aromatic carbocycles. The zero-order valence-corrected chi connectivity index (χ0v) is 12.9. The Hall–Kier alpha value is -0.290. The third-order valence-electron chi connectivity index (χ3n) is 4.74. The van der Waals surface area contributed by atoms with E-state index in [1.165, 1.54) is 6.92 Å². The summed E-state index contributed by atoms with van der Waals surface area (Å²) in [5, 5.41) is 0. The van der Waals surface area contributed by atoms with Crippen molar-refractivity contribution in [3.63, 3.8) is 0 Å². The van der Waals surface area contributed by atoms with E-state index in [0.717, 1.165) is 0 Å². The molecule has 0 saturated heterocycles. The molecule has 2 atom stereocenters. The number of alkyl halides is 3. The summed E-state index contributed by atoms with van der Waals surface area (Å²) in [7, 11) is 0. The van der Waals surface area contributed by atoms with Gasteiger partial charge in [-0.05, 0) is 51.9 Å². The second kappa shape index (κ2) is 7.12. The standard InChI is InChI=1S/C15H27F3O2/c1-5-14(4,15(16,17)18)12-7-9-13(10-8-12)20-11(3)19-6-2/h11-13H,5-10H2,1-4H3. The van der Waals surface area contributed by atoms with E-state index >= 15 is 0 Å². The molecule has 0 aromatic heterocycles. The monoisotopic (exact) mass is 296 g/mol. The third-order valence-corrected chi connectivity index (χ3v) is 4.74. The molecule has 0 amide bonds. The lowest BCUT2D eigenvalue weighted by Crippen LogP contribution is -2.43. The van der Waals surface area contributed by atoms with Crippen molar-refractivity contribution in [3.05, 3.63) is 0 Å². The predicted octanol–water partition coefficient (Wildman–Crippen LogP) is 4.92. The van der Waals surface area contributed by atoms with Crippen molar-refractivity contribution in [3.8, 4) is 0 Å². The van der Waals surface area contributed by atoms with E-state index in [1.807, 2.05) is 13.8 Å². The van der Waals surface area contributed by atoms with Crippen molar-refractivity contribution in [2.24, 2.45) is 11.3 Å². The van der Waals surface area contributed by atoms with Crippen molar-refractivity contribution < 1.29 is 22.6 Å². The van der Waals surface area contributed by atoms with Gasteiger partial charge in [0.15, 0.2) is 6.29 Å². The van der Waals surface area contributed by atoms with Crippen LogP contribution in [0.25, 0.3) is 0 Å². The minimum atomic E-state index is -4.13. The number of hydrogen-bond acceptors (Lipinski definition) is 2. The van der Waals surface area contributed by atoms with E-state index in [1.54, 1.807) is 6.92 Å². The Morgan fingerprint density at radius 3 is 2.05 bits per heavy atom. The zero-order valence-electron chi connectivity index (χ0n) is 12.9. The van der Waals surface area contributed by atoms with Crippen LogP contribution < -0.4 is 0 Å². The first-order valence-corrected chi connectivity index (χ1v) is 7.58. The minimum absolute atomic E-state index is 0.0298. The van der Waals surface area contributed by atoms with Crippen LogP contribution in [0.4, 0.5) is 13.2 Å². The summed E-state index contributed by atoms with van der Waals surface area (Å²) in [6, 6.07) is 0. The van der Waals surface area contributed by atoms with E-state index < -0.39 is 11.6 Å². The van der Waals surface area contributed by atoms with Crippen LogP contribution >= 0.6 is 0 Å². The van der Waals surface area contributed by atoms with Gasteiger partial charge in [-0.3, -0.25) is 0 Å². The minimum Gasteiger partial charge on any atom is -0.353 e. The highest BCUT2D eigenvalue weighted by Gasteiger charge is 2.54. The highest BCUT2D eigenvalue weighted by atomic mass is 19.4. The van der Waals surface area contributed by atoms with Crippen LogP contribution in [0.1, 0.15) is 59.8 Å². The summed E-state index contributed by atoms with van der Waals surface area (Å²) in [5.41, 5.74) is -1.57. The maximum absolute atomic E-state index is 13.2. The van der Waals surface area contributed by atoms with Gasteiger partial charge in [-0.2, -0.15) is 13.2 Å². The fourth-order valence-electron chi connectivity index (χ4n) is 3.10.